The monoisotopic (exact) mass is 251 g/mol. The van der Waals surface area contributed by atoms with Gasteiger partial charge in [0.2, 0.25) is 0 Å². The molecular formula is C8H11BF3N2OS-. The zero-order chi connectivity index (χ0) is 12.2. The van der Waals surface area contributed by atoms with Gasteiger partial charge in [0.25, 0.3) is 5.56 Å². The van der Waals surface area contributed by atoms with E-state index in [0.717, 1.165) is 6.42 Å². The molecule has 1 rings (SSSR count). The first kappa shape index (κ1) is 13.2. The summed E-state index contributed by atoms with van der Waals surface area (Å²) in [4.78, 5) is 17.4. The van der Waals surface area contributed by atoms with Crippen molar-refractivity contribution in [2.24, 2.45) is 0 Å². The minimum absolute atomic E-state index is 0.0372. The smallest absolute Gasteiger partial charge is 0.448 e. The van der Waals surface area contributed by atoms with Crippen LogP contribution >= 0.6 is 11.8 Å². The third-order valence-electron chi connectivity index (χ3n) is 1.69. The van der Waals surface area contributed by atoms with Crippen molar-refractivity contribution in [2.45, 2.75) is 24.9 Å². The van der Waals surface area contributed by atoms with Crippen molar-refractivity contribution in [3.63, 3.8) is 0 Å². The molecule has 0 unspecified atom stereocenters. The van der Waals surface area contributed by atoms with E-state index in [1.807, 2.05) is 6.92 Å². The van der Waals surface area contributed by atoms with Gasteiger partial charge in [-0.05, 0) is 12.1 Å². The summed E-state index contributed by atoms with van der Waals surface area (Å²) in [6.45, 7) is -2.95. The molecule has 0 saturated carbocycles. The quantitative estimate of drug-likeness (QED) is 0.495. The van der Waals surface area contributed by atoms with Gasteiger partial charge in [0.05, 0.1) is 0 Å². The molecule has 0 aliphatic carbocycles. The number of halogens is 3. The van der Waals surface area contributed by atoms with Crippen LogP contribution in [0.25, 0.3) is 0 Å². The number of aryl methyl sites for hydroxylation is 1. The third-order valence-corrected chi connectivity index (χ3v) is 2.70. The molecule has 90 valence electrons. The second-order valence-electron chi connectivity index (χ2n) is 3.31. The molecule has 0 fully saturated rings. The lowest BCUT2D eigenvalue weighted by Crippen LogP contribution is -2.20. The molecule has 3 nitrogen and oxygen atoms in total. The molecule has 8 heteroatoms. The number of aromatic amines is 1. The van der Waals surface area contributed by atoms with Crippen LogP contribution in [-0.4, -0.2) is 22.6 Å². The van der Waals surface area contributed by atoms with E-state index < -0.39 is 18.2 Å². The number of H-pyrrole nitrogens is 1. The highest BCUT2D eigenvalue weighted by Crippen LogP contribution is 2.20. The van der Waals surface area contributed by atoms with Crippen molar-refractivity contribution >= 4 is 18.7 Å². The summed E-state index contributed by atoms with van der Waals surface area (Å²) in [5, 5.41) is 0.0372. The van der Waals surface area contributed by atoms with Gasteiger partial charge < -0.3 is 17.9 Å². The van der Waals surface area contributed by atoms with Gasteiger partial charge in [-0.1, -0.05) is 13.3 Å². The summed E-state index contributed by atoms with van der Waals surface area (Å²) >= 11 is 0.518. The molecule has 0 radical (unpaired) electrons. The molecule has 0 aromatic carbocycles. The maximum absolute atomic E-state index is 12.0. The fraction of sp³-hybridized carbons (Fsp3) is 0.500. The van der Waals surface area contributed by atoms with Crippen molar-refractivity contribution in [1.29, 1.82) is 0 Å². The fourth-order valence-electron chi connectivity index (χ4n) is 1.11. The van der Waals surface area contributed by atoms with Crippen molar-refractivity contribution in [2.75, 3.05) is 5.65 Å². The first-order valence-corrected chi connectivity index (χ1v) is 5.83. The highest BCUT2D eigenvalue weighted by molar-refractivity contribution is 8.00. The molecule has 0 atom stereocenters. The predicted molar refractivity (Wildman–Crippen MR) is 58.7 cm³/mol. The van der Waals surface area contributed by atoms with E-state index in [1.54, 1.807) is 0 Å². The standard InChI is InChI=1S/C8H11BF3N2OS/c1-2-3-6-4-7(15)14-8(13-6)16-5-9(10,11)12/h4H,2-3,5H2,1H3,(H,13,14,15)/q-1. The number of hydrogen-bond acceptors (Lipinski definition) is 3. The molecule has 1 heterocycles. The Labute approximate surface area is 94.9 Å². The first-order valence-electron chi connectivity index (χ1n) is 4.85. The molecular weight excluding hydrogens is 240 g/mol. The second-order valence-corrected chi connectivity index (χ2v) is 4.32. The van der Waals surface area contributed by atoms with Gasteiger partial charge in [-0.25, -0.2) is 4.98 Å². The lowest BCUT2D eigenvalue weighted by Gasteiger charge is -2.12. The van der Waals surface area contributed by atoms with Gasteiger partial charge in [0, 0.05) is 11.8 Å². The van der Waals surface area contributed by atoms with E-state index in [0.29, 0.717) is 23.9 Å². The molecule has 16 heavy (non-hydrogen) atoms. The minimum Gasteiger partial charge on any atom is -0.448 e. The fourth-order valence-corrected chi connectivity index (χ4v) is 1.81. The van der Waals surface area contributed by atoms with Crippen molar-refractivity contribution in [1.82, 2.24) is 9.97 Å². The summed E-state index contributed by atoms with van der Waals surface area (Å²) in [5.41, 5.74) is -0.863. The van der Waals surface area contributed by atoms with Gasteiger partial charge in [0.15, 0.2) is 5.16 Å². The van der Waals surface area contributed by atoms with Crippen LogP contribution in [0.2, 0.25) is 0 Å². The summed E-state index contributed by atoms with van der Waals surface area (Å²) in [6, 6.07) is 1.31. The van der Waals surface area contributed by atoms with Gasteiger partial charge in [-0.15, -0.1) is 11.8 Å². The molecule has 0 saturated heterocycles. The van der Waals surface area contributed by atoms with E-state index in [2.05, 4.69) is 9.97 Å². The molecule has 0 aliphatic heterocycles. The predicted octanol–water partition coefficient (Wildman–Crippen LogP) is 2.20. The van der Waals surface area contributed by atoms with Gasteiger partial charge in [0.1, 0.15) is 0 Å². The number of nitrogens with zero attached hydrogens (tertiary/aromatic N) is 1. The largest absolute Gasteiger partial charge is 0.488 e. The highest BCUT2D eigenvalue weighted by Gasteiger charge is 2.23. The van der Waals surface area contributed by atoms with E-state index in [1.165, 1.54) is 6.07 Å². The summed E-state index contributed by atoms with van der Waals surface area (Å²) in [7, 11) is 0. The zero-order valence-corrected chi connectivity index (χ0v) is 9.49. The Morgan fingerprint density at radius 2 is 2.19 bits per heavy atom. The number of rotatable bonds is 5. The van der Waals surface area contributed by atoms with Crippen LogP contribution < -0.4 is 5.56 Å². The van der Waals surface area contributed by atoms with Crippen LogP contribution in [-0.2, 0) is 6.42 Å². The van der Waals surface area contributed by atoms with Crippen molar-refractivity contribution in [3.05, 3.63) is 22.1 Å². The summed E-state index contributed by atoms with van der Waals surface area (Å²) in [6.07, 6.45) is 1.39. The van der Waals surface area contributed by atoms with Gasteiger partial charge in [-0.3, -0.25) is 4.79 Å². The average molecular weight is 251 g/mol. The Morgan fingerprint density at radius 3 is 2.75 bits per heavy atom. The molecule has 1 N–H and O–H groups in total. The Morgan fingerprint density at radius 1 is 1.50 bits per heavy atom. The highest BCUT2D eigenvalue weighted by atomic mass is 32.2. The van der Waals surface area contributed by atoms with E-state index >= 15 is 0 Å². The van der Waals surface area contributed by atoms with Crippen LogP contribution in [0.15, 0.2) is 16.0 Å². The Hall–Kier alpha value is -0.915. The van der Waals surface area contributed by atoms with Gasteiger partial charge in [-0.2, -0.15) is 0 Å². The number of thioether (sulfide) groups is 1. The summed E-state index contributed by atoms with van der Waals surface area (Å²) in [5.74, 6) is 0. The topological polar surface area (TPSA) is 45.8 Å². The number of aromatic nitrogens is 2. The second kappa shape index (κ2) is 5.42. The van der Waals surface area contributed by atoms with Crippen LogP contribution in [0.3, 0.4) is 0 Å². The van der Waals surface area contributed by atoms with Crippen LogP contribution in [0.5, 0.6) is 0 Å². The molecule has 0 amide bonds. The Kier molecular flexibility index (Phi) is 4.46. The molecule has 0 bridgehead atoms. The van der Waals surface area contributed by atoms with Crippen LogP contribution in [0, 0.1) is 0 Å². The Balaban J connectivity index is 2.76. The van der Waals surface area contributed by atoms with Crippen molar-refractivity contribution < 1.29 is 12.9 Å². The van der Waals surface area contributed by atoms with Crippen LogP contribution in [0.4, 0.5) is 12.9 Å². The summed E-state index contributed by atoms with van der Waals surface area (Å²) < 4.78 is 36.0. The molecule has 0 aliphatic rings. The molecule has 1 aromatic rings. The Bertz CT molecular complexity index is 407. The average Bonchev–Trinajstić information content (AvgIpc) is 2.13. The van der Waals surface area contributed by atoms with E-state index in [4.69, 9.17) is 0 Å². The maximum Gasteiger partial charge on any atom is 0.488 e. The SMILES string of the molecule is CCCc1cc(=O)[nH]c(SC[B-](F)(F)F)n1. The molecule has 1 aromatic heterocycles. The zero-order valence-electron chi connectivity index (χ0n) is 8.67. The van der Waals surface area contributed by atoms with Crippen LogP contribution in [0.1, 0.15) is 19.0 Å². The first-order chi connectivity index (χ1) is 7.40. The van der Waals surface area contributed by atoms with E-state index in [-0.39, 0.29) is 5.16 Å². The van der Waals surface area contributed by atoms with Crippen molar-refractivity contribution in [3.8, 4) is 0 Å². The van der Waals surface area contributed by atoms with E-state index in [9.17, 15) is 17.7 Å². The van der Waals surface area contributed by atoms with Gasteiger partial charge >= 0.3 is 6.98 Å². The third kappa shape index (κ3) is 4.74. The molecule has 0 spiro atoms. The lowest BCUT2D eigenvalue weighted by atomic mass is 9.98. The normalized spacial score (nSPS) is 11.8. The number of nitrogens with one attached hydrogen (secondary N) is 1. The maximum atomic E-state index is 12.0. The minimum atomic E-state index is -4.86. The lowest BCUT2D eigenvalue weighted by molar-refractivity contribution is 0.485. The number of hydrogen-bond donors (Lipinski definition) is 1.